The molecule has 8 nitrogen and oxygen atoms in total. The number of nitro groups is 1. The summed E-state index contributed by atoms with van der Waals surface area (Å²) < 4.78 is 6.98. The number of phenols is 1. The first kappa shape index (κ1) is 22.5. The molecule has 0 amide bonds. The Morgan fingerprint density at radius 1 is 1.21 bits per heavy atom. The minimum atomic E-state index is -0.391. The summed E-state index contributed by atoms with van der Waals surface area (Å²) in [6.07, 6.45) is 0.579. The molecule has 1 aromatic heterocycles. The number of aliphatic hydroxyl groups excluding tert-OH is 1. The minimum Gasteiger partial charge on any atom is -0.508 e. The molecule has 0 aliphatic heterocycles. The summed E-state index contributed by atoms with van der Waals surface area (Å²) in [4.78, 5) is 11.4. The number of fused-ring (bicyclic) bond motifs is 1. The zero-order chi connectivity index (χ0) is 20.3. The summed E-state index contributed by atoms with van der Waals surface area (Å²) in [5, 5.41) is 34.8. The van der Waals surface area contributed by atoms with Crippen LogP contribution in [-0.2, 0) is 6.54 Å². The number of nitrogens with zero attached hydrogens (tertiary/aromatic N) is 2. The molecule has 29 heavy (non-hydrogen) atoms. The van der Waals surface area contributed by atoms with Gasteiger partial charge in [-0.15, -0.1) is 12.4 Å². The third-order valence-corrected chi connectivity index (χ3v) is 4.74. The van der Waals surface area contributed by atoms with Gasteiger partial charge in [-0.25, -0.2) is 0 Å². The summed E-state index contributed by atoms with van der Waals surface area (Å²) in [5.74, 6) is 0.743. The van der Waals surface area contributed by atoms with E-state index in [0.717, 1.165) is 5.69 Å². The number of methoxy groups -OCH3 is 1. The molecule has 3 aromatic rings. The van der Waals surface area contributed by atoms with Gasteiger partial charge in [0.1, 0.15) is 11.5 Å². The molecule has 0 aliphatic carbocycles. The fourth-order valence-corrected chi connectivity index (χ4v) is 3.42. The van der Waals surface area contributed by atoms with Crippen LogP contribution in [0.3, 0.4) is 0 Å². The highest BCUT2D eigenvalue weighted by atomic mass is 35.5. The van der Waals surface area contributed by atoms with Crippen molar-refractivity contribution in [3.63, 3.8) is 0 Å². The largest absolute Gasteiger partial charge is 0.508 e. The minimum absolute atomic E-state index is 0. The normalized spacial score (nSPS) is 10.7. The maximum absolute atomic E-state index is 11.7. The van der Waals surface area contributed by atoms with Gasteiger partial charge in [-0.05, 0) is 56.3 Å². The van der Waals surface area contributed by atoms with Gasteiger partial charge < -0.3 is 24.8 Å². The molecule has 3 N–H and O–H groups in total. The number of benzene rings is 2. The molecule has 0 bridgehead atoms. The summed E-state index contributed by atoms with van der Waals surface area (Å²) >= 11 is 0. The zero-order valence-electron chi connectivity index (χ0n) is 16.2. The molecule has 0 saturated heterocycles. The quantitative estimate of drug-likeness (QED) is 0.292. The number of hydrogen-bond acceptors (Lipinski definition) is 6. The first-order valence-electron chi connectivity index (χ1n) is 8.95. The van der Waals surface area contributed by atoms with E-state index < -0.39 is 4.92 Å². The van der Waals surface area contributed by atoms with Crippen LogP contribution in [0.15, 0.2) is 36.4 Å². The Balaban J connectivity index is 0.00000300. The Kier molecular flexibility index (Phi) is 7.44. The van der Waals surface area contributed by atoms with E-state index >= 15 is 0 Å². The Morgan fingerprint density at radius 3 is 2.48 bits per heavy atom. The standard InChI is InChI=1S/C20H23N3O5.ClH/c1-13-19(23(26)27)16-8-9-18(25)17(12-21-10-3-11-24)20(16)22(13)14-4-6-15(28-2)7-5-14;/h4-9,21,24-25H,3,10-12H2,1-2H3;1H. The summed E-state index contributed by atoms with van der Waals surface area (Å²) in [7, 11) is 1.57. The average Bonchev–Trinajstić information content (AvgIpc) is 2.99. The molecule has 3 rings (SSSR count). The number of aromatic nitrogens is 1. The van der Waals surface area contributed by atoms with Gasteiger partial charge in [0.15, 0.2) is 0 Å². The van der Waals surface area contributed by atoms with Gasteiger partial charge >= 0.3 is 0 Å². The highest BCUT2D eigenvalue weighted by Gasteiger charge is 2.27. The highest BCUT2D eigenvalue weighted by molar-refractivity contribution is 5.96. The van der Waals surface area contributed by atoms with Crippen molar-refractivity contribution in [2.24, 2.45) is 0 Å². The van der Waals surface area contributed by atoms with Crippen molar-refractivity contribution in [2.75, 3.05) is 20.3 Å². The average molecular weight is 422 g/mol. The van der Waals surface area contributed by atoms with Gasteiger partial charge in [0.25, 0.3) is 5.69 Å². The predicted molar refractivity (Wildman–Crippen MR) is 114 cm³/mol. The fourth-order valence-electron chi connectivity index (χ4n) is 3.42. The third-order valence-electron chi connectivity index (χ3n) is 4.74. The van der Waals surface area contributed by atoms with Crippen LogP contribution in [0.2, 0.25) is 0 Å². The van der Waals surface area contributed by atoms with Crippen LogP contribution < -0.4 is 10.1 Å². The lowest BCUT2D eigenvalue weighted by atomic mass is 10.1. The first-order valence-corrected chi connectivity index (χ1v) is 8.95. The molecule has 156 valence electrons. The molecular weight excluding hydrogens is 398 g/mol. The molecule has 0 spiro atoms. The Hall–Kier alpha value is -2.81. The smallest absolute Gasteiger partial charge is 0.298 e. The molecule has 0 unspecified atom stereocenters. The van der Waals surface area contributed by atoms with Gasteiger partial charge in [-0.2, -0.15) is 0 Å². The summed E-state index contributed by atoms with van der Waals surface area (Å²) in [6.45, 7) is 2.65. The van der Waals surface area contributed by atoms with E-state index in [1.165, 1.54) is 6.07 Å². The molecule has 0 fully saturated rings. The van der Waals surface area contributed by atoms with E-state index in [2.05, 4.69) is 5.32 Å². The second-order valence-corrected chi connectivity index (χ2v) is 6.44. The fraction of sp³-hybridized carbons (Fsp3) is 0.300. The SMILES string of the molecule is COc1ccc(-n2c(C)c([N+](=O)[O-])c3ccc(O)c(CNCCCO)c32)cc1.Cl. The second kappa shape index (κ2) is 9.60. The van der Waals surface area contributed by atoms with Crippen LogP contribution in [0.1, 0.15) is 17.7 Å². The monoisotopic (exact) mass is 421 g/mol. The number of halogens is 1. The van der Waals surface area contributed by atoms with Crippen molar-refractivity contribution in [2.45, 2.75) is 19.9 Å². The second-order valence-electron chi connectivity index (χ2n) is 6.44. The van der Waals surface area contributed by atoms with Crippen LogP contribution in [0.5, 0.6) is 11.5 Å². The lowest BCUT2D eigenvalue weighted by molar-refractivity contribution is -0.383. The van der Waals surface area contributed by atoms with Gasteiger partial charge in [0.2, 0.25) is 0 Å². The molecule has 0 saturated carbocycles. The van der Waals surface area contributed by atoms with Gasteiger partial charge in [-0.3, -0.25) is 10.1 Å². The van der Waals surface area contributed by atoms with Crippen LogP contribution in [0.4, 0.5) is 5.69 Å². The van der Waals surface area contributed by atoms with Crippen molar-refractivity contribution in [1.29, 1.82) is 0 Å². The molecule has 2 aromatic carbocycles. The summed E-state index contributed by atoms with van der Waals surface area (Å²) in [5.41, 5.74) is 2.39. The van der Waals surface area contributed by atoms with E-state index in [9.17, 15) is 15.2 Å². The highest BCUT2D eigenvalue weighted by Crippen LogP contribution is 2.39. The van der Waals surface area contributed by atoms with E-state index in [0.29, 0.717) is 47.4 Å². The maximum atomic E-state index is 11.7. The van der Waals surface area contributed by atoms with E-state index in [-0.39, 0.29) is 30.5 Å². The topological polar surface area (TPSA) is 110 Å². The third kappa shape index (κ3) is 4.29. The van der Waals surface area contributed by atoms with E-state index in [4.69, 9.17) is 9.84 Å². The Bertz CT molecular complexity index is 1000. The number of rotatable bonds is 8. The number of nitrogens with one attached hydrogen (secondary N) is 1. The number of phenolic OH excluding ortho intramolecular Hbond substituents is 1. The molecule has 0 radical (unpaired) electrons. The molecule has 0 atom stereocenters. The molecule has 0 aliphatic rings. The number of ether oxygens (including phenoxy) is 1. The number of hydrogen-bond donors (Lipinski definition) is 3. The van der Waals surface area contributed by atoms with Gasteiger partial charge in [0, 0.05) is 24.4 Å². The van der Waals surface area contributed by atoms with E-state index in [1.807, 2.05) is 12.1 Å². The summed E-state index contributed by atoms with van der Waals surface area (Å²) in [6, 6.07) is 10.3. The molecule has 9 heteroatoms. The predicted octanol–water partition coefficient (Wildman–Crippen LogP) is 3.46. The van der Waals surface area contributed by atoms with Gasteiger partial charge in [-0.1, -0.05) is 0 Å². The van der Waals surface area contributed by atoms with Crippen LogP contribution in [0, 0.1) is 17.0 Å². The van der Waals surface area contributed by atoms with Crippen LogP contribution >= 0.6 is 12.4 Å². The zero-order valence-corrected chi connectivity index (χ0v) is 17.0. The molecular formula is C20H24ClN3O5. The van der Waals surface area contributed by atoms with Crippen molar-refractivity contribution >= 4 is 29.0 Å². The lowest BCUT2D eigenvalue weighted by Crippen LogP contribution is -2.16. The lowest BCUT2D eigenvalue weighted by Gasteiger charge is -2.13. The maximum Gasteiger partial charge on any atom is 0.298 e. The van der Waals surface area contributed by atoms with Crippen molar-refractivity contribution in [3.05, 3.63) is 57.8 Å². The van der Waals surface area contributed by atoms with Crippen LogP contribution in [-0.4, -0.2) is 40.0 Å². The number of aliphatic hydroxyl groups is 1. The number of aromatic hydroxyl groups is 1. The van der Waals surface area contributed by atoms with Crippen molar-refractivity contribution < 1.29 is 19.9 Å². The van der Waals surface area contributed by atoms with Crippen molar-refractivity contribution in [1.82, 2.24) is 9.88 Å². The Morgan fingerprint density at radius 2 is 1.90 bits per heavy atom. The van der Waals surface area contributed by atoms with Crippen LogP contribution in [0.25, 0.3) is 16.6 Å². The first-order chi connectivity index (χ1) is 13.5. The van der Waals surface area contributed by atoms with Gasteiger partial charge in [0.05, 0.1) is 28.6 Å². The van der Waals surface area contributed by atoms with Crippen molar-refractivity contribution in [3.8, 4) is 17.2 Å². The molecule has 1 heterocycles. The van der Waals surface area contributed by atoms with E-state index in [1.54, 1.807) is 36.8 Å². The Labute approximate surface area is 174 Å².